The minimum absolute atomic E-state index is 0.102. The van der Waals surface area contributed by atoms with Gasteiger partial charge in [0.25, 0.3) is 0 Å². The second-order valence-corrected chi connectivity index (χ2v) is 17.7. The quantitative estimate of drug-likeness (QED) is 0.0262. The van der Waals surface area contributed by atoms with Gasteiger partial charge < -0.3 is 14.2 Å². The summed E-state index contributed by atoms with van der Waals surface area (Å²) < 4.78 is 16.7. The molecular weight excluding hydrogens is 841 g/mol. The lowest BCUT2D eigenvalue weighted by atomic mass is 10.1. The van der Waals surface area contributed by atoms with Gasteiger partial charge >= 0.3 is 17.9 Å². The molecule has 0 radical (unpaired) electrons. The first kappa shape index (κ1) is 63.8. The fourth-order valence-electron chi connectivity index (χ4n) is 7.04. The zero-order valence-electron chi connectivity index (χ0n) is 43.8. The highest BCUT2D eigenvalue weighted by molar-refractivity contribution is 5.71. The summed E-state index contributed by atoms with van der Waals surface area (Å²) in [6, 6.07) is 0. The summed E-state index contributed by atoms with van der Waals surface area (Å²) in [6.07, 6.45) is 76.2. The smallest absolute Gasteiger partial charge is 0.306 e. The molecular formula is C62H100O6. The first-order chi connectivity index (χ1) is 33.5. The lowest BCUT2D eigenvalue weighted by Gasteiger charge is -2.18. The molecule has 0 aliphatic rings. The lowest BCUT2D eigenvalue weighted by Crippen LogP contribution is -2.30. The zero-order chi connectivity index (χ0) is 49.3. The van der Waals surface area contributed by atoms with Crippen molar-refractivity contribution in [2.45, 2.75) is 239 Å². The van der Waals surface area contributed by atoms with Crippen LogP contribution in [0.2, 0.25) is 0 Å². The van der Waals surface area contributed by atoms with Crippen molar-refractivity contribution < 1.29 is 28.6 Å². The Bertz CT molecular complexity index is 1450. The van der Waals surface area contributed by atoms with Crippen LogP contribution < -0.4 is 0 Å². The van der Waals surface area contributed by atoms with Gasteiger partial charge in [-0.2, -0.15) is 0 Å². The van der Waals surface area contributed by atoms with Crippen molar-refractivity contribution in [3.05, 3.63) is 122 Å². The molecule has 1 atom stereocenters. The molecule has 0 spiro atoms. The maximum atomic E-state index is 12.8. The Morgan fingerprint density at radius 2 is 0.603 bits per heavy atom. The van der Waals surface area contributed by atoms with Crippen LogP contribution in [0.4, 0.5) is 0 Å². The third-order valence-corrected chi connectivity index (χ3v) is 11.2. The van der Waals surface area contributed by atoms with Crippen molar-refractivity contribution >= 4 is 17.9 Å². The molecule has 384 valence electrons. The highest BCUT2D eigenvalue weighted by Crippen LogP contribution is 2.13. The number of esters is 3. The zero-order valence-corrected chi connectivity index (χ0v) is 43.8. The summed E-state index contributed by atoms with van der Waals surface area (Å²) in [4.78, 5) is 37.9. The Labute approximate surface area is 418 Å². The molecule has 0 saturated heterocycles. The standard InChI is InChI=1S/C62H100O6/c1-4-7-10-13-16-19-22-24-25-26-27-28-29-30-31-32-33-34-35-36-37-39-40-43-46-49-52-55-61(64)67-58-59(57-66-60(63)54-51-48-45-42-21-18-15-12-9-6-3)68-62(65)56-53-50-47-44-41-38-23-20-17-14-11-8-5-2/h7,10,12,15-16,19-20,23-25,27-28,30-31,33-34,36-37,40,43,59H,4-6,8-9,11,13-14,17-18,21-22,26,29,32,35,38-39,41-42,44-58H2,1-3H3/b10-7-,15-12-,19-16-,23-20-,25-24-,28-27-,31-30-,34-33-,37-36-,43-40-. The van der Waals surface area contributed by atoms with E-state index in [9.17, 15) is 14.4 Å². The van der Waals surface area contributed by atoms with E-state index in [0.717, 1.165) is 135 Å². The van der Waals surface area contributed by atoms with Crippen LogP contribution in [0.3, 0.4) is 0 Å². The molecule has 0 saturated carbocycles. The molecule has 0 amide bonds. The third kappa shape index (κ3) is 52.8. The van der Waals surface area contributed by atoms with Gasteiger partial charge in [-0.3, -0.25) is 14.4 Å². The van der Waals surface area contributed by atoms with Crippen molar-refractivity contribution in [1.29, 1.82) is 0 Å². The van der Waals surface area contributed by atoms with E-state index < -0.39 is 6.10 Å². The van der Waals surface area contributed by atoms with Gasteiger partial charge in [0.15, 0.2) is 6.10 Å². The van der Waals surface area contributed by atoms with Crippen molar-refractivity contribution in [3.63, 3.8) is 0 Å². The second kappa shape index (κ2) is 55.4. The monoisotopic (exact) mass is 941 g/mol. The Morgan fingerprint density at radius 3 is 1.00 bits per heavy atom. The van der Waals surface area contributed by atoms with E-state index in [2.05, 4.69) is 142 Å². The SMILES string of the molecule is CC/C=C\C/C=C\C/C=C\C/C=C\C/C=C\C/C=C\C/C=C\C/C=C\CCCCC(=O)OCC(COC(=O)CCCCCCC/C=C\CCC)OC(=O)CCCCCCC/C=C\CCCCCC. The number of unbranched alkanes of at least 4 members (excludes halogenated alkanes) is 17. The Balaban J connectivity index is 4.38. The van der Waals surface area contributed by atoms with E-state index in [4.69, 9.17) is 14.2 Å². The average molecular weight is 941 g/mol. The number of allylic oxidation sites excluding steroid dienone is 20. The van der Waals surface area contributed by atoms with Crippen LogP contribution in [0.15, 0.2) is 122 Å². The fraction of sp³-hybridized carbons (Fsp3) is 0.629. The molecule has 0 N–H and O–H groups in total. The number of rotatable bonds is 48. The van der Waals surface area contributed by atoms with Gasteiger partial charge in [-0.15, -0.1) is 0 Å². The molecule has 0 bridgehead atoms. The minimum atomic E-state index is -0.805. The third-order valence-electron chi connectivity index (χ3n) is 11.2. The van der Waals surface area contributed by atoms with Gasteiger partial charge in [0, 0.05) is 19.3 Å². The number of carbonyl (C=O) groups excluding carboxylic acids is 3. The van der Waals surface area contributed by atoms with E-state index in [0.29, 0.717) is 25.7 Å². The molecule has 0 aromatic rings. The van der Waals surface area contributed by atoms with Crippen molar-refractivity contribution in [2.75, 3.05) is 13.2 Å². The van der Waals surface area contributed by atoms with Gasteiger partial charge in [0.2, 0.25) is 0 Å². The van der Waals surface area contributed by atoms with Gasteiger partial charge in [-0.25, -0.2) is 0 Å². The molecule has 0 aliphatic carbocycles. The van der Waals surface area contributed by atoms with Gasteiger partial charge in [0.1, 0.15) is 13.2 Å². The van der Waals surface area contributed by atoms with Crippen molar-refractivity contribution in [3.8, 4) is 0 Å². The largest absolute Gasteiger partial charge is 0.462 e. The summed E-state index contributed by atoms with van der Waals surface area (Å²) >= 11 is 0. The highest BCUT2D eigenvalue weighted by Gasteiger charge is 2.19. The van der Waals surface area contributed by atoms with E-state index in [1.807, 2.05) is 0 Å². The van der Waals surface area contributed by atoms with Gasteiger partial charge in [-0.1, -0.05) is 206 Å². The van der Waals surface area contributed by atoms with Crippen LogP contribution in [-0.2, 0) is 28.6 Å². The minimum Gasteiger partial charge on any atom is -0.462 e. The maximum absolute atomic E-state index is 12.8. The first-order valence-electron chi connectivity index (χ1n) is 27.5. The molecule has 0 aliphatic heterocycles. The van der Waals surface area contributed by atoms with Crippen LogP contribution in [-0.4, -0.2) is 37.2 Å². The second-order valence-electron chi connectivity index (χ2n) is 17.7. The average Bonchev–Trinajstić information content (AvgIpc) is 3.34. The predicted molar refractivity (Wildman–Crippen MR) is 293 cm³/mol. The number of ether oxygens (including phenoxy) is 3. The molecule has 0 heterocycles. The van der Waals surface area contributed by atoms with Crippen LogP contribution in [0.1, 0.15) is 233 Å². The summed E-state index contributed by atoms with van der Waals surface area (Å²) in [7, 11) is 0. The molecule has 1 unspecified atom stereocenters. The first-order valence-corrected chi connectivity index (χ1v) is 27.5. The van der Waals surface area contributed by atoms with Gasteiger partial charge in [-0.05, 0) is 128 Å². The van der Waals surface area contributed by atoms with E-state index in [1.54, 1.807) is 0 Å². The van der Waals surface area contributed by atoms with E-state index in [1.165, 1.54) is 51.4 Å². The molecule has 0 aromatic carbocycles. The van der Waals surface area contributed by atoms with E-state index in [-0.39, 0.29) is 31.1 Å². The van der Waals surface area contributed by atoms with Crippen LogP contribution in [0, 0.1) is 0 Å². The predicted octanol–water partition coefficient (Wildman–Crippen LogP) is 18.5. The Hall–Kier alpha value is -4.19. The number of carbonyl (C=O) groups is 3. The van der Waals surface area contributed by atoms with Crippen molar-refractivity contribution in [1.82, 2.24) is 0 Å². The summed E-state index contributed by atoms with van der Waals surface area (Å²) in [5.41, 5.74) is 0. The molecule has 6 nitrogen and oxygen atoms in total. The molecule has 6 heteroatoms. The Morgan fingerprint density at radius 1 is 0.309 bits per heavy atom. The fourth-order valence-corrected chi connectivity index (χ4v) is 7.04. The van der Waals surface area contributed by atoms with Crippen molar-refractivity contribution in [2.24, 2.45) is 0 Å². The van der Waals surface area contributed by atoms with Crippen LogP contribution >= 0.6 is 0 Å². The maximum Gasteiger partial charge on any atom is 0.306 e. The van der Waals surface area contributed by atoms with E-state index >= 15 is 0 Å². The topological polar surface area (TPSA) is 78.9 Å². The van der Waals surface area contributed by atoms with Gasteiger partial charge in [0.05, 0.1) is 0 Å². The molecule has 0 fully saturated rings. The number of hydrogen-bond acceptors (Lipinski definition) is 6. The Kier molecular flexibility index (Phi) is 52.0. The normalized spacial score (nSPS) is 13.0. The number of hydrogen-bond donors (Lipinski definition) is 0. The molecule has 0 aromatic heterocycles. The lowest BCUT2D eigenvalue weighted by molar-refractivity contribution is -0.167. The summed E-state index contributed by atoms with van der Waals surface area (Å²) in [5.74, 6) is -0.974. The highest BCUT2D eigenvalue weighted by atomic mass is 16.6. The molecule has 68 heavy (non-hydrogen) atoms. The van der Waals surface area contributed by atoms with Crippen LogP contribution in [0.5, 0.6) is 0 Å². The van der Waals surface area contributed by atoms with Crippen LogP contribution in [0.25, 0.3) is 0 Å². The summed E-state index contributed by atoms with van der Waals surface area (Å²) in [6.45, 7) is 6.38. The molecule has 0 rings (SSSR count). The summed E-state index contributed by atoms with van der Waals surface area (Å²) in [5, 5.41) is 0.